The Balaban J connectivity index is 0.845. The Morgan fingerprint density at radius 2 is 0.632 bits per heavy atom. The van der Waals surface area contributed by atoms with E-state index in [1.54, 1.807) is 0 Å². The fourth-order valence-electron chi connectivity index (χ4n) is 9.64. The number of nitrogens with zero attached hydrogens (tertiary/aromatic N) is 1. The second-order valence-electron chi connectivity index (χ2n) is 17.3. The first kappa shape index (κ1) is 40.5. The number of hydrogen-bond donors (Lipinski definition) is 0. The van der Waals surface area contributed by atoms with Crippen molar-refractivity contribution in [3.8, 4) is 78.1 Å². The SMILES string of the molecule is c1ccc(-c2ccc(-c3ccc(N(c4ccc(-c5ccc(-c6cccc(-c7oc8ccccc8c7-c7ccccc7)c6)cc5)cc4)c4ccc(-c5cccc6ccccc56)cc4)cc3)cc2)cc1. The minimum absolute atomic E-state index is 0.885. The Morgan fingerprint density at radius 1 is 0.250 bits per heavy atom. The quantitative estimate of drug-likeness (QED) is 0.136. The molecule has 0 atom stereocenters. The summed E-state index contributed by atoms with van der Waals surface area (Å²) >= 11 is 0. The number of rotatable bonds is 10. The van der Waals surface area contributed by atoms with Crippen LogP contribution in [-0.4, -0.2) is 0 Å². The Kier molecular flexibility index (Phi) is 10.6. The van der Waals surface area contributed by atoms with Crippen molar-refractivity contribution in [1.82, 2.24) is 0 Å². The van der Waals surface area contributed by atoms with Crippen molar-refractivity contribution in [2.75, 3.05) is 4.90 Å². The molecule has 0 fully saturated rings. The van der Waals surface area contributed by atoms with Gasteiger partial charge in [-0.3, -0.25) is 0 Å². The van der Waals surface area contributed by atoms with Gasteiger partial charge in [0.1, 0.15) is 11.3 Å². The summed E-state index contributed by atoms with van der Waals surface area (Å²) in [6.07, 6.45) is 0. The van der Waals surface area contributed by atoms with Gasteiger partial charge < -0.3 is 9.32 Å². The molecule has 0 saturated carbocycles. The molecule has 68 heavy (non-hydrogen) atoms. The molecule has 12 aromatic rings. The van der Waals surface area contributed by atoms with Crippen LogP contribution >= 0.6 is 0 Å². The molecule has 2 heteroatoms. The molecule has 0 radical (unpaired) electrons. The van der Waals surface area contributed by atoms with Crippen molar-refractivity contribution < 1.29 is 4.42 Å². The molecule has 0 aliphatic rings. The minimum atomic E-state index is 0.885. The number of benzene rings is 11. The zero-order valence-corrected chi connectivity index (χ0v) is 37.3. The van der Waals surface area contributed by atoms with Gasteiger partial charge in [0.25, 0.3) is 0 Å². The van der Waals surface area contributed by atoms with Crippen LogP contribution in [0.1, 0.15) is 0 Å². The van der Waals surface area contributed by atoms with E-state index in [0.717, 1.165) is 72.7 Å². The lowest BCUT2D eigenvalue weighted by Crippen LogP contribution is -2.09. The molecule has 0 spiro atoms. The summed E-state index contributed by atoms with van der Waals surface area (Å²) in [4.78, 5) is 2.35. The van der Waals surface area contributed by atoms with Gasteiger partial charge in [0.2, 0.25) is 0 Å². The molecule has 0 unspecified atom stereocenters. The third-order valence-electron chi connectivity index (χ3n) is 13.1. The van der Waals surface area contributed by atoms with Crippen molar-refractivity contribution in [3.63, 3.8) is 0 Å². The molecule has 2 nitrogen and oxygen atoms in total. The Morgan fingerprint density at radius 3 is 1.21 bits per heavy atom. The first-order valence-electron chi connectivity index (χ1n) is 23.2. The Bertz CT molecular complexity index is 3660. The van der Waals surface area contributed by atoms with Crippen molar-refractivity contribution in [3.05, 3.63) is 273 Å². The summed E-state index contributed by atoms with van der Waals surface area (Å²) in [5, 5.41) is 3.61. The van der Waals surface area contributed by atoms with Crippen molar-refractivity contribution >= 4 is 38.8 Å². The second kappa shape index (κ2) is 17.8. The normalized spacial score (nSPS) is 11.2. The highest BCUT2D eigenvalue weighted by Gasteiger charge is 2.19. The number of furan rings is 1. The van der Waals surface area contributed by atoms with Gasteiger partial charge in [0, 0.05) is 33.6 Å². The van der Waals surface area contributed by atoms with Crippen molar-refractivity contribution in [2.45, 2.75) is 0 Å². The zero-order chi connectivity index (χ0) is 45.2. The lowest BCUT2D eigenvalue weighted by Gasteiger charge is -2.26. The van der Waals surface area contributed by atoms with Crippen LogP contribution in [0.5, 0.6) is 0 Å². The molecule has 11 aromatic carbocycles. The van der Waals surface area contributed by atoms with Crippen LogP contribution in [0.25, 0.3) is 99.8 Å². The summed E-state index contributed by atoms with van der Waals surface area (Å²) in [5.41, 5.74) is 19.3. The van der Waals surface area contributed by atoms with Gasteiger partial charge in [-0.05, 0) is 121 Å². The first-order chi connectivity index (χ1) is 33.7. The third kappa shape index (κ3) is 7.85. The molecule has 0 amide bonds. The Hall–Kier alpha value is -8.98. The molecule has 0 bridgehead atoms. The van der Waals surface area contributed by atoms with Crippen LogP contribution in [0.2, 0.25) is 0 Å². The third-order valence-corrected chi connectivity index (χ3v) is 13.1. The van der Waals surface area contributed by atoms with Crippen LogP contribution in [-0.2, 0) is 0 Å². The topological polar surface area (TPSA) is 16.4 Å². The highest BCUT2D eigenvalue weighted by Crippen LogP contribution is 2.43. The van der Waals surface area contributed by atoms with Crippen LogP contribution < -0.4 is 4.90 Å². The van der Waals surface area contributed by atoms with E-state index < -0.39 is 0 Å². The molecular formula is C66H45NO. The molecule has 0 N–H and O–H groups in total. The standard InChI is InChI=1S/C66H45NO/c1-3-13-46(14-4-1)47-25-27-48(28-26-47)50-33-39-58(40-34-50)67(60-43-37-54(38-44-60)62-23-12-18-53-15-7-8-21-61(53)62)59-41-35-51(36-42-59)49-29-31-52(32-30-49)56-19-11-20-57(45-56)66-65(55-16-5-2-6-17-55)63-22-9-10-24-64(63)68-66/h1-45H. The largest absolute Gasteiger partial charge is 0.455 e. The summed E-state index contributed by atoms with van der Waals surface area (Å²) < 4.78 is 6.56. The van der Waals surface area contributed by atoms with Crippen molar-refractivity contribution in [1.29, 1.82) is 0 Å². The predicted molar refractivity (Wildman–Crippen MR) is 286 cm³/mol. The van der Waals surface area contributed by atoms with Gasteiger partial charge in [-0.15, -0.1) is 0 Å². The summed E-state index contributed by atoms with van der Waals surface area (Å²) in [5.74, 6) is 0.885. The van der Waals surface area contributed by atoms with E-state index >= 15 is 0 Å². The fraction of sp³-hybridized carbons (Fsp3) is 0. The first-order valence-corrected chi connectivity index (χ1v) is 23.2. The maximum Gasteiger partial charge on any atom is 0.143 e. The van der Waals surface area contributed by atoms with Gasteiger partial charge in [0.05, 0.1) is 0 Å². The molecule has 1 aromatic heterocycles. The van der Waals surface area contributed by atoms with Gasteiger partial charge in [-0.1, -0.05) is 224 Å². The molecule has 1 heterocycles. The van der Waals surface area contributed by atoms with E-state index in [4.69, 9.17) is 4.42 Å². The monoisotopic (exact) mass is 867 g/mol. The molecule has 12 rings (SSSR count). The number of hydrogen-bond acceptors (Lipinski definition) is 2. The van der Waals surface area contributed by atoms with Crippen LogP contribution in [0.15, 0.2) is 277 Å². The van der Waals surface area contributed by atoms with E-state index in [-0.39, 0.29) is 0 Å². The molecule has 0 aliphatic carbocycles. The number of fused-ring (bicyclic) bond motifs is 2. The summed E-state index contributed by atoms with van der Waals surface area (Å²) in [7, 11) is 0. The average Bonchev–Trinajstić information content (AvgIpc) is 3.82. The number of anilines is 3. The van der Waals surface area contributed by atoms with Crippen LogP contribution in [0.4, 0.5) is 17.1 Å². The van der Waals surface area contributed by atoms with E-state index in [1.165, 1.54) is 44.2 Å². The van der Waals surface area contributed by atoms with Crippen molar-refractivity contribution in [2.24, 2.45) is 0 Å². The van der Waals surface area contributed by atoms with E-state index in [0.29, 0.717) is 0 Å². The molecule has 320 valence electrons. The second-order valence-corrected chi connectivity index (χ2v) is 17.3. The lowest BCUT2D eigenvalue weighted by molar-refractivity contribution is 0.632. The van der Waals surface area contributed by atoms with Gasteiger partial charge in [0.15, 0.2) is 0 Å². The van der Waals surface area contributed by atoms with Gasteiger partial charge in [-0.2, -0.15) is 0 Å². The molecule has 0 saturated heterocycles. The summed E-state index contributed by atoms with van der Waals surface area (Å²) in [6.45, 7) is 0. The summed E-state index contributed by atoms with van der Waals surface area (Å²) in [6, 6.07) is 97.8. The maximum atomic E-state index is 6.56. The van der Waals surface area contributed by atoms with E-state index in [2.05, 4.69) is 266 Å². The highest BCUT2D eigenvalue weighted by molar-refractivity contribution is 6.02. The Labute approximate surface area is 397 Å². The molecule has 0 aliphatic heterocycles. The molecular weight excluding hydrogens is 823 g/mol. The predicted octanol–water partition coefficient (Wildman–Crippen LogP) is 18.7. The lowest BCUT2D eigenvalue weighted by atomic mass is 9.95. The zero-order valence-electron chi connectivity index (χ0n) is 37.3. The van der Waals surface area contributed by atoms with Crippen LogP contribution in [0, 0.1) is 0 Å². The smallest absolute Gasteiger partial charge is 0.143 e. The van der Waals surface area contributed by atoms with E-state index in [1.807, 2.05) is 12.1 Å². The van der Waals surface area contributed by atoms with Crippen LogP contribution in [0.3, 0.4) is 0 Å². The van der Waals surface area contributed by atoms with Gasteiger partial charge in [-0.25, -0.2) is 0 Å². The highest BCUT2D eigenvalue weighted by atomic mass is 16.3. The maximum absolute atomic E-state index is 6.56. The minimum Gasteiger partial charge on any atom is -0.455 e. The van der Waals surface area contributed by atoms with Gasteiger partial charge >= 0.3 is 0 Å². The number of para-hydroxylation sites is 1. The fourth-order valence-corrected chi connectivity index (χ4v) is 9.64. The average molecular weight is 868 g/mol. The van der Waals surface area contributed by atoms with E-state index in [9.17, 15) is 0 Å².